The minimum atomic E-state index is 0.583. The highest BCUT2D eigenvalue weighted by Gasteiger charge is 2.00. The van der Waals surface area contributed by atoms with Gasteiger partial charge in [-0.25, -0.2) is 0 Å². The Morgan fingerprint density at radius 2 is 1.82 bits per heavy atom. The number of hydrogen-bond acceptors (Lipinski definition) is 2. The first-order valence-corrected chi connectivity index (χ1v) is 6.92. The molecule has 17 heavy (non-hydrogen) atoms. The quantitative estimate of drug-likeness (QED) is 0.807. The van der Waals surface area contributed by atoms with Crippen LogP contribution in [-0.2, 0) is 6.54 Å². The largest absolute Gasteiger partial charge is 0.380 e. The van der Waals surface area contributed by atoms with Crippen molar-refractivity contribution in [3.63, 3.8) is 0 Å². The third-order valence-corrected chi connectivity index (χ3v) is 3.90. The van der Waals surface area contributed by atoms with Crippen molar-refractivity contribution in [2.75, 3.05) is 5.32 Å². The maximum atomic E-state index is 5.89. The lowest BCUT2D eigenvalue weighted by Crippen LogP contribution is -1.97. The molecule has 0 saturated heterocycles. The summed E-state index contributed by atoms with van der Waals surface area (Å²) in [6.07, 6.45) is 0. The molecule has 1 nitrogen and oxygen atoms in total. The van der Waals surface area contributed by atoms with E-state index in [1.807, 2.05) is 6.07 Å². The van der Waals surface area contributed by atoms with Crippen LogP contribution in [-0.4, -0.2) is 0 Å². The molecule has 0 atom stereocenters. The van der Waals surface area contributed by atoms with E-state index in [9.17, 15) is 0 Å². The average Bonchev–Trinajstić information content (AvgIpc) is 2.73. The lowest BCUT2D eigenvalue weighted by Gasteiger charge is -2.08. The fourth-order valence-corrected chi connectivity index (χ4v) is 2.65. The molecule has 0 fully saturated rings. The summed E-state index contributed by atoms with van der Waals surface area (Å²) in [7, 11) is 0. The molecule has 1 aromatic heterocycles. The molecule has 0 radical (unpaired) electrons. The smallest absolute Gasteiger partial charge is 0.0931 e. The summed E-state index contributed by atoms with van der Waals surface area (Å²) < 4.78 is 0.844. The van der Waals surface area contributed by atoms with Crippen molar-refractivity contribution in [2.45, 2.75) is 26.3 Å². The lowest BCUT2D eigenvalue weighted by atomic mass is 10.0. The second kappa shape index (κ2) is 5.56. The minimum absolute atomic E-state index is 0.583. The van der Waals surface area contributed by atoms with Crippen LogP contribution < -0.4 is 5.32 Å². The molecule has 0 aliphatic rings. The number of hydrogen-bond donors (Lipinski definition) is 1. The van der Waals surface area contributed by atoms with Crippen LogP contribution in [0.3, 0.4) is 0 Å². The monoisotopic (exact) mass is 265 g/mol. The molecule has 0 aliphatic carbocycles. The van der Waals surface area contributed by atoms with E-state index in [0.717, 1.165) is 16.6 Å². The first-order chi connectivity index (χ1) is 8.15. The van der Waals surface area contributed by atoms with Crippen molar-refractivity contribution >= 4 is 28.6 Å². The van der Waals surface area contributed by atoms with E-state index in [2.05, 4.69) is 49.5 Å². The molecule has 0 aliphatic heterocycles. The molecular weight excluding hydrogens is 250 g/mol. The average molecular weight is 266 g/mol. The highest BCUT2D eigenvalue weighted by molar-refractivity contribution is 7.16. The Morgan fingerprint density at radius 1 is 1.12 bits per heavy atom. The normalized spacial score (nSPS) is 10.8. The van der Waals surface area contributed by atoms with Crippen LogP contribution in [0.15, 0.2) is 36.4 Å². The number of anilines is 1. The topological polar surface area (TPSA) is 12.0 Å². The van der Waals surface area contributed by atoms with Crippen molar-refractivity contribution in [3.8, 4) is 0 Å². The summed E-state index contributed by atoms with van der Waals surface area (Å²) in [5.41, 5.74) is 2.52. The van der Waals surface area contributed by atoms with E-state index in [4.69, 9.17) is 11.6 Å². The molecule has 0 bridgehead atoms. The van der Waals surface area contributed by atoms with Crippen LogP contribution in [0.1, 0.15) is 30.2 Å². The molecule has 90 valence electrons. The predicted molar refractivity (Wildman–Crippen MR) is 77.2 cm³/mol. The van der Waals surface area contributed by atoms with E-state index < -0.39 is 0 Å². The van der Waals surface area contributed by atoms with Crippen LogP contribution in [0.4, 0.5) is 5.69 Å². The Kier molecular flexibility index (Phi) is 4.08. The third-order valence-electron chi connectivity index (χ3n) is 2.67. The molecule has 2 aromatic rings. The molecule has 3 heteroatoms. The van der Waals surface area contributed by atoms with Gasteiger partial charge in [-0.1, -0.05) is 37.6 Å². The van der Waals surface area contributed by atoms with Gasteiger partial charge >= 0.3 is 0 Å². The SMILES string of the molecule is CC(C)c1ccc(NCc2ccc(Cl)s2)cc1. The predicted octanol–water partition coefficient (Wildman–Crippen LogP) is 5.14. The minimum Gasteiger partial charge on any atom is -0.380 e. The Labute approximate surface area is 111 Å². The number of nitrogens with one attached hydrogen (secondary N) is 1. The molecule has 0 unspecified atom stereocenters. The number of rotatable bonds is 4. The molecule has 1 N–H and O–H groups in total. The molecule has 1 heterocycles. The van der Waals surface area contributed by atoms with Gasteiger partial charge in [0.1, 0.15) is 0 Å². The van der Waals surface area contributed by atoms with Crippen LogP contribution in [0.5, 0.6) is 0 Å². The zero-order chi connectivity index (χ0) is 12.3. The van der Waals surface area contributed by atoms with Crippen molar-refractivity contribution in [1.82, 2.24) is 0 Å². The van der Waals surface area contributed by atoms with Crippen molar-refractivity contribution in [2.24, 2.45) is 0 Å². The Balaban J connectivity index is 1.95. The van der Waals surface area contributed by atoms with Gasteiger partial charge in [-0.3, -0.25) is 0 Å². The van der Waals surface area contributed by atoms with E-state index in [-0.39, 0.29) is 0 Å². The van der Waals surface area contributed by atoms with Crippen molar-refractivity contribution < 1.29 is 0 Å². The van der Waals surface area contributed by atoms with Crippen LogP contribution in [0.2, 0.25) is 4.34 Å². The zero-order valence-corrected chi connectivity index (χ0v) is 11.6. The summed E-state index contributed by atoms with van der Waals surface area (Å²) in [5.74, 6) is 0.583. The van der Waals surface area contributed by atoms with Gasteiger partial charge in [-0.15, -0.1) is 11.3 Å². The van der Waals surface area contributed by atoms with E-state index in [0.29, 0.717) is 5.92 Å². The van der Waals surface area contributed by atoms with Crippen LogP contribution in [0.25, 0.3) is 0 Å². The molecular formula is C14H16ClNS. The summed E-state index contributed by atoms with van der Waals surface area (Å²) >= 11 is 7.51. The van der Waals surface area contributed by atoms with Gasteiger partial charge in [-0.2, -0.15) is 0 Å². The fourth-order valence-electron chi connectivity index (χ4n) is 1.62. The second-order valence-corrected chi connectivity index (χ2v) is 6.14. The Morgan fingerprint density at radius 3 is 2.35 bits per heavy atom. The van der Waals surface area contributed by atoms with Gasteiger partial charge in [0.15, 0.2) is 0 Å². The van der Waals surface area contributed by atoms with Gasteiger partial charge in [0.2, 0.25) is 0 Å². The van der Waals surface area contributed by atoms with Crippen LogP contribution >= 0.6 is 22.9 Å². The van der Waals surface area contributed by atoms with Crippen molar-refractivity contribution in [1.29, 1.82) is 0 Å². The van der Waals surface area contributed by atoms with E-state index >= 15 is 0 Å². The van der Waals surface area contributed by atoms with E-state index in [1.165, 1.54) is 10.4 Å². The highest BCUT2D eigenvalue weighted by Crippen LogP contribution is 2.23. The maximum Gasteiger partial charge on any atom is 0.0931 e. The zero-order valence-electron chi connectivity index (χ0n) is 10.0. The third kappa shape index (κ3) is 3.48. The van der Waals surface area contributed by atoms with Gasteiger partial charge in [0.25, 0.3) is 0 Å². The number of thiophene rings is 1. The molecule has 2 rings (SSSR count). The first kappa shape index (κ1) is 12.5. The molecule has 0 spiro atoms. The summed E-state index contributed by atoms with van der Waals surface area (Å²) in [6, 6.07) is 12.6. The Bertz CT molecular complexity index is 473. The summed E-state index contributed by atoms with van der Waals surface area (Å²) in [5, 5.41) is 3.39. The maximum absolute atomic E-state index is 5.89. The van der Waals surface area contributed by atoms with E-state index in [1.54, 1.807) is 11.3 Å². The molecule has 1 aromatic carbocycles. The van der Waals surface area contributed by atoms with Crippen LogP contribution in [0, 0.1) is 0 Å². The number of halogens is 1. The Hall–Kier alpha value is -0.990. The van der Waals surface area contributed by atoms with Gasteiger partial charge in [-0.05, 0) is 35.7 Å². The standard InChI is InChI=1S/C14H16ClNS/c1-10(2)11-3-5-12(6-4-11)16-9-13-7-8-14(15)17-13/h3-8,10,16H,9H2,1-2H3. The lowest BCUT2D eigenvalue weighted by molar-refractivity contribution is 0.867. The summed E-state index contributed by atoms with van der Waals surface area (Å²) in [4.78, 5) is 1.25. The van der Waals surface area contributed by atoms with Crippen molar-refractivity contribution in [3.05, 3.63) is 51.2 Å². The van der Waals surface area contributed by atoms with Gasteiger partial charge in [0, 0.05) is 17.1 Å². The molecule has 0 saturated carbocycles. The van der Waals surface area contributed by atoms with Gasteiger partial charge in [0.05, 0.1) is 4.34 Å². The summed E-state index contributed by atoms with van der Waals surface area (Å²) in [6.45, 7) is 5.24. The van der Waals surface area contributed by atoms with Gasteiger partial charge < -0.3 is 5.32 Å². The first-order valence-electron chi connectivity index (χ1n) is 5.73. The second-order valence-electron chi connectivity index (χ2n) is 4.34. The highest BCUT2D eigenvalue weighted by atomic mass is 35.5. The molecule has 0 amide bonds. The number of benzene rings is 1. The fraction of sp³-hybridized carbons (Fsp3) is 0.286.